The number of nitro groups is 1. The topological polar surface area (TPSA) is 61.2 Å². The minimum Gasteiger partial charge on any atom is -0.496 e. The van der Waals surface area contributed by atoms with Crippen LogP contribution in [-0.4, -0.2) is 38.2 Å². The van der Waals surface area contributed by atoms with Crippen molar-refractivity contribution >= 4 is 21.6 Å². The van der Waals surface area contributed by atoms with Crippen molar-refractivity contribution in [2.45, 2.75) is 13.1 Å². The fourth-order valence-corrected chi connectivity index (χ4v) is 3.94. The molecule has 2 aromatic carbocycles. The Hall–Kier alpha value is -1.96. The summed E-state index contributed by atoms with van der Waals surface area (Å²) in [6.07, 6.45) is 0. The molecular weight excluding hydrogens is 398 g/mol. The summed E-state index contributed by atoms with van der Waals surface area (Å²) in [5, 5.41) is 10.9. The molecule has 138 valence electrons. The van der Waals surface area contributed by atoms with Gasteiger partial charge in [-0.05, 0) is 18.2 Å². The Morgan fingerprint density at radius 3 is 2.42 bits per heavy atom. The van der Waals surface area contributed by atoms with Crippen LogP contribution >= 0.6 is 15.9 Å². The van der Waals surface area contributed by atoms with Gasteiger partial charge in [-0.3, -0.25) is 10.1 Å². The summed E-state index contributed by atoms with van der Waals surface area (Å²) in [5.74, 6) is 0.937. The Bertz CT molecular complexity index is 776. The first-order chi connectivity index (χ1) is 12.5. The molecule has 2 aromatic rings. The molecular formula is C19H24BrN3O3+2. The number of quaternary nitrogens is 2. The summed E-state index contributed by atoms with van der Waals surface area (Å²) in [6.45, 7) is 6.09. The lowest BCUT2D eigenvalue weighted by Gasteiger charge is -2.30. The Morgan fingerprint density at radius 2 is 1.77 bits per heavy atom. The number of rotatable bonds is 6. The smallest absolute Gasteiger partial charge is 0.269 e. The molecule has 3 rings (SSSR count). The largest absolute Gasteiger partial charge is 0.496 e. The fourth-order valence-electron chi connectivity index (χ4n) is 3.53. The number of hydrogen-bond acceptors (Lipinski definition) is 3. The van der Waals surface area contributed by atoms with E-state index >= 15 is 0 Å². The molecule has 6 nitrogen and oxygen atoms in total. The maximum Gasteiger partial charge on any atom is 0.269 e. The van der Waals surface area contributed by atoms with Crippen molar-refractivity contribution in [3.63, 3.8) is 0 Å². The molecule has 1 saturated heterocycles. The van der Waals surface area contributed by atoms with Gasteiger partial charge in [0, 0.05) is 27.7 Å². The Kier molecular flexibility index (Phi) is 6.24. The van der Waals surface area contributed by atoms with Crippen molar-refractivity contribution in [3.8, 4) is 5.75 Å². The summed E-state index contributed by atoms with van der Waals surface area (Å²) in [7, 11) is 1.71. The van der Waals surface area contributed by atoms with E-state index in [-0.39, 0.29) is 10.6 Å². The highest BCUT2D eigenvalue weighted by atomic mass is 79.9. The van der Waals surface area contributed by atoms with Crippen LogP contribution in [0, 0.1) is 10.1 Å². The SMILES string of the molecule is COc1ccc(Br)cc1C[NH+]1CC[NH+](Cc2cccc([N+](=O)[O-])c2)CC1. The van der Waals surface area contributed by atoms with Crippen LogP contribution < -0.4 is 14.5 Å². The number of benzene rings is 2. The van der Waals surface area contributed by atoms with Crippen LogP contribution in [0.1, 0.15) is 11.1 Å². The molecule has 0 aliphatic carbocycles. The molecule has 0 bridgehead atoms. The molecule has 2 N–H and O–H groups in total. The second kappa shape index (κ2) is 8.62. The number of nitro benzene ring substituents is 1. The molecule has 0 aromatic heterocycles. The summed E-state index contributed by atoms with van der Waals surface area (Å²) < 4.78 is 6.55. The van der Waals surface area contributed by atoms with Crippen LogP contribution in [0.2, 0.25) is 0 Å². The molecule has 0 atom stereocenters. The number of halogens is 1. The van der Waals surface area contributed by atoms with Gasteiger partial charge < -0.3 is 14.5 Å². The van der Waals surface area contributed by atoms with E-state index in [1.54, 1.807) is 30.2 Å². The third-order valence-electron chi connectivity index (χ3n) is 4.92. The molecule has 0 saturated carbocycles. The molecule has 7 heteroatoms. The van der Waals surface area contributed by atoms with Crippen LogP contribution in [0.4, 0.5) is 5.69 Å². The Balaban J connectivity index is 1.55. The monoisotopic (exact) mass is 421 g/mol. The lowest BCUT2D eigenvalue weighted by molar-refractivity contribution is -1.02. The first kappa shape index (κ1) is 18.8. The summed E-state index contributed by atoms with van der Waals surface area (Å²) >= 11 is 3.54. The van der Waals surface area contributed by atoms with Crippen molar-refractivity contribution in [1.82, 2.24) is 0 Å². The van der Waals surface area contributed by atoms with Gasteiger partial charge in [-0.25, -0.2) is 0 Å². The zero-order valence-electron chi connectivity index (χ0n) is 14.8. The van der Waals surface area contributed by atoms with Crippen molar-refractivity contribution in [2.75, 3.05) is 33.3 Å². The van der Waals surface area contributed by atoms with E-state index in [1.807, 2.05) is 18.2 Å². The third kappa shape index (κ3) is 4.81. The minimum atomic E-state index is -0.327. The van der Waals surface area contributed by atoms with E-state index in [0.29, 0.717) is 0 Å². The number of piperazine rings is 1. The predicted octanol–water partition coefficient (Wildman–Crippen LogP) is 0.850. The third-order valence-corrected chi connectivity index (χ3v) is 5.42. The minimum absolute atomic E-state index is 0.174. The second-order valence-electron chi connectivity index (χ2n) is 6.74. The fraction of sp³-hybridized carbons (Fsp3) is 0.368. The van der Waals surface area contributed by atoms with Gasteiger partial charge in [0.25, 0.3) is 5.69 Å². The van der Waals surface area contributed by atoms with Crippen LogP contribution in [0.3, 0.4) is 0 Å². The standard InChI is InChI=1S/C19H22BrN3O3/c1-26-19-6-5-17(20)12-16(19)14-22-9-7-21(8-10-22)13-15-3-2-4-18(11-15)23(24)25/h2-6,11-12H,7-10,13-14H2,1H3/p+2. The number of hydrogen-bond donors (Lipinski definition) is 2. The van der Waals surface area contributed by atoms with E-state index < -0.39 is 0 Å². The summed E-state index contributed by atoms with van der Waals surface area (Å²) in [5.41, 5.74) is 2.43. The number of ether oxygens (including phenoxy) is 1. The number of nitrogens with one attached hydrogen (secondary N) is 2. The van der Waals surface area contributed by atoms with Gasteiger partial charge in [-0.2, -0.15) is 0 Å². The second-order valence-corrected chi connectivity index (χ2v) is 7.65. The van der Waals surface area contributed by atoms with Crippen molar-refractivity contribution < 1.29 is 19.5 Å². The van der Waals surface area contributed by atoms with Crippen LogP contribution in [0.25, 0.3) is 0 Å². The average Bonchev–Trinajstić information content (AvgIpc) is 2.64. The quantitative estimate of drug-likeness (QED) is 0.536. The van der Waals surface area contributed by atoms with E-state index in [4.69, 9.17) is 4.74 Å². The van der Waals surface area contributed by atoms with Gasteiger partial charge in [0.15, 0.2) is 0 Å². The van der Waals surface area contributed by atoms with Crippen LogP contribution in [0.5, 0.6) is 5.75 Å². The highest BCUT2D eigenvalue weighted by Crippen LogP contribution is 2.22. The molecule has 1 fully saturated rings. The van der Waals surface area contributed by atoms with Gasteiger partial charge >= 0.3 is 0 Å². The first-order valence-corrected chi connectivity index (χ1v) is 9.57. The Labute approximate surface area is 161 Å². The van der Waals surface area contributed by atoms with E-state index in [0.717, 1.165) is 55.1 Å². The number of methoxy groups -OCH3 is 1. The van der Waals surface area contributed by atoms with E-state index in [1.165, 1.54) is 10.5 Å². The first-order valence-electron chi connectivity index (χ1n) is 8.78. The van der Waals surface area contributed by atoms with E-state index in [2.05, 4.69) is 22.0 Å². The summed E-state index contributed by atoms with van der Waals surface area (Å²) in [4.78, 5) is 13.6. The van der Waals surface area contributed by atoms with Gasteiger partial charge in [0.1, 0.15) is 45.0 Å². The van der Waals surface area contributed by atoms with Crippen LogP contribution in [-0.2, 0) is 13.1 Å². The van der Waals surface area contributed by atoms with Crippen molar-refractivity contribution in [2.24, 2.45) is 0 Å². The molecule has 0 unspecified atom stereocenters. The van der Waals surface area contributed by atoms with Gasteiger partial charge in [-0.15, -0.1) is 0 Å². The zero-order chi connectivity index (χ0) is 18.5. The highest BCUT2D eigenvalue weighted by molar-refractivity contribution is 9.10. The molecule has 1 aliphatic heterocycles. The maximum atomic E-state index is 10.9. The molecule has 1 heterocycles. The molecule has 0 radical (unpaired) electrons. The van der Waals surface area contributed by atoms with Gasteiger partial charge in [-0.1, -0.05) is 28.1 Å². The number of nitrogens with zero attached hydrogens (tertiary/aromatic N) is 1. The predicted molar refractivity (Wildman–Crippen MR) is 103 cm³/mol. The van der Waals surface area contributed by atoms with Gasteiger partial charge in [0.05, 0.1) is 12.0 Å². The maximum absolute atomic E-state index is 10.9. The average molecular weight is 422 g/mol. The normalized spacial score (nSPS) is 19.9. The van der Waals surface area contributed by atoms with Crippen LogP contribution in [0.15, 0.2) is 46.9 Å². The van der Waals surface area contributed by atoms with Crippen molar-refractivity contribution in [3.05, 3.63) is 68.2 Å². The highest BCUT2D eigenvalue weighted by Gasteiger charge is 2.24. The van der Waals surface area contributed by atoms with E-state index in [9.17, 15) is 10.1 Å². The Morgan fingerprint density at radius 1 is 1.08 bits per heavy atom. The zero-order valence-corrected chi connectivity index (χ0v) is 16.4. The summed E-state index contributed by atoms with van der Waals surface area (Å²) in [6, 6.07) is 13.1. The molecule has 1 aliphatic rings. The molecule has 26 heavy (non-hydrogen) atoms. The molecule has 0 spiro atoms. The molecule has 0 amide bonds. The number of non-ortho nitro benzene ring substituents is 1. The lowest BCUT2D eigenvalue weighted by Crippen LogP contribution is -3.27. The van der Waals surface area contributed by atoms with Gasteiger partial charge in [0.2, 0.25) is 0 Å². The van der Waals surface area contributed by atoms with Crippen molar-refractivity contribution in [1.29, 1.82) is 0 Å². The lowest BCUT2D eigenvalue weighted by atomic mass is 10.1.